The Morgan fingerprint density at radius 2 is 1.76 bits per heavy atom. The molecule has 8 nitrogen and oxygen atoms in total. The van der Waals surface area contributed by atoms with Gasteiger partial charge in [0.25, 0.3) is 5.91 Å². The van der Waals surface area contributed by atoms with Crippen molar-refractivity contribution in [3.63, 3.8) is 0 Å². The van der Waals surface area contributed by atoms with Crippen LogP contribution in [-0.2, 0) is 16.6 Å². The standard InChI is InChI=1S/C24H26N4O4S/c29-15-14-27(22-9-8-21-23-19(22)2-1-3-20(23)24(30)26-21)16-17-4-6-18(7-5-17)33(31,32)28-12-10-25-11-13-28/h1-9,25,29H,10-16H2,(H,26,30). The first-order chi connectivity index (χ1) is 16.0. The molecule has 0 aromatic heterocycles. The van der Waals surface area contributed by atoms with E-state index in [1.54, 1.807) is 12.1 Å². The molecule has 0 aliphatic carbocycles. The maximum atomic E-state index is 12.9. The summed E-state index contributed by atoms with van der Waals surface area (Å²) in [6, 6.07) is 16.4. The van der Waals surface area contributed by atoms with Crippen LogP contribution in [-0.4, -0.2) is 63.1 Å². The zero-order valence-electron chi connectivity index (χ0n) is 18.1. The summed E-state index contributed by atoms with van der Waals surface area (Å²) >= 11 is 0. The highest BCUT2D eigenvalue weighted by Gasteiger charge is 2.26. The lowest BCUT2D eigenvalue weighted by molar-refractivity contribution is 0.103. The van der Waals surface area contributed by atoms with Crippen molar-refractivity contribution in [3.8, 4) is 0 Å². The van der Waals surface area contributed by atoms with Gasteiger partial charge in [0.15, 0.2) is 0 Å². The molecule has 9 heteroatoms. The highest BCUT2D eigenvalue weighted by Crippen LogP contribution is 2.38. The minimum Gasteiger partial charge on any atom is -0.395 e. The summed E-state index contributed by atoms with van der Waals surface area (Å²) in [6.07, 6.45) is 0. The largest absolute Gasteiger partial charge is 0.395 e. The van der Waals surface area contributed by atoms with Crippen molar-refractivity contribution in [2.45, 2.75) is 11.4 Å². The molecule has 2 heterocycles. The number of benzene rings is 3. The average molecular weight is 467 g/mol. The van der Waals surface area contributed by atoms with E-state index in [1.165, 1.54) is 4.31 Å². The number of aliphatic hydroxyl groups is 1. The summed E-state index contributed by atoms with van der Waals surface area (Å²) in [5.41, 5.74) is 3.29. The number of sulfonamides is 1. The fourth-order valence-electron chi connectivity index (χ4n) is 4.58. The van der Waals surface area contributed by atoms with E-state index in [4.69, 9.17) is 0 Å². The Balaban J connectivity index is 1.43. The van der Waals surface area contributed by atoms with E-state index in [0.717, 1.165) is 27.7 Å². The minimum absolute atomic E-state index is 0.0322. The van der Waals surface area contributed by atoms with Gasteiger partial charge < -0.3 is 20.6 Å². The maximum absolute atomic E-state index is 12.9. The minimum atomic E-state index is -3.51. The average Bonchev–Trinajstić information content (AvgIpc) is 3.17. The summed E-state index contributed by atoms with van der Waals surface area (Å²) in [5, 5.41) is 17.6. The smallest absolute Gasteiger partial charge is 0.256 e. The number of carbonyl (C=O) groups is 1. The molecule has 3 aromatic rings. The molecule has 0 atom stereocenters. The number of carbonyl (C=O) groups excluding carboxylic acids is 1. The van der Waals surface area contributed by atoms with E-state index >= 15 is 0 Å². The van der Waals surface area contributed by atoms with Gasteiger partial charge in [-0.1, -0.05) is 24.3 Å². The summed E-state index contributed by atoms with van der Waals surface area (Å²) in [4.78, 5) is 14.6. The van der Waals surface area contributed by atoms with Crippen LogP contribution in [0.15, 0.2) is 59.5 Å². The lowest BCUT2D eigenvalue weighted by Gasteiger charge is -2.27. The van der Waals surface area contributed by atoms with E-state index < -0.39 is 10.0 Å². The molecule has 5 rings (SSSR count). The van der Waals surface area contributed by atoms with Crippen LogP contribution in [0.3, 0.4) is 0 Å². The van der Waals surface area contributed by atoms with Gasteiger partial charge in [0.1, 0.15) is 0 Å². The van der Waals surface area contributed by atoms with Crippen LogP contribution in [0.2, 0.25) is 0 Å². The number of hydrogen-bond donors (Lipinski definition) is 3. The third-order valence-corrected chi connectivity index (χ3v) is 8.14. The van der Waals surface area contributed by atoms with Crippen molar-refractivity contribution in [2.75, 3.05) is 49.5 Å². The summed E-state index contributed by atoms with van der Waals surface area (Å²) < 4.78 is 27.3. The van der Waals surface area contributed by atoms with Gasteiger partial charge in [0, 0.05) is 67.0 Å². The zero-order valence-corrected chi connectivity index (χ0v) is 18.9. The SMILES string of the molecule is O=C1Nc2ccc(N(CCO)Cc3ccc(S(=O)(=O)N4CCNCC4)cc3)c3cccc1c23. The van der Waals surface area contributed by atoms with Crippen LogP contribution < -0.4 is 15.5 Å². The Morgan fingerprint density at radius 3 is 2.48 bits per heavy atom. The molecule has 2 aliphatic heterocycles. The van der Waals surface area contributed by atoms with E-state index in [9.17, 15) is 18.3 Å². The highest BCUT2D eigenvalue weighted by molar-refractivity contribution is 7.89. The van der Waals surface area contributed by atoms with Gasteiger partial charge in [-0.25, -0.2) is 8.42 Å². The van der Waals surface area contributed by atoms with Crippen molar-refractivity contribution in [1.82, 2.24) is 9.62 Å². The first-order valence-electron chi connectivity index (χ1n) is 11.0. The van der Waals surface area contributed by atoms with Crippen molar-refractivity contribution in [2.24, 2.45) is 0 Å². The van der Waals surface area contributed by atoms with E-state index in [1.807, 2.05) is 47.4 Å². The molecule has 3 aromatic carbocycles. The Hall–Kier alpha value is -2.98. The summed E-state index contributed by atoms with van der Waals surface area (Å²) in [5.74, 6) is -0.109. The molecule has 0 unspecified atom stereocenters. The van der Waals surface area contributed by atoms with E-state index in [0.29, 0.717) is 44.8 Å². The third kappa shape index (κ3) is 3.97. The molecule has 172 valence electrons. The number of nitrogens with zero attached hydrogens (tertiary/aromatic N) is 2. The van der Waals surface area contributed by atoms with Gasteiger partial charge in [-0.05, 0) is 35.9 Å². The number of aliphatic hydroxyl groups excluding tert-OH is 1. The third-order valence-electron chi connectivity index (χ3n) is 6.23. The van der Waals surface area contributed by atoms with Crippen LogP contribution in [0, 0.1) is 0 Å². The molecule has 33 heavy (non-hydrogen) atoms. The molecule has 2 aliphatic rings. The number of anilines is 2. The van der Waals surface area contributed by atoms with Gasteiger partial charge in [-0.15, -0.1) is 0 Å². The molecule has 0 radical (unpaired) electrons. The van der Waals surface area contributed by atoms with Crippen molar-refractivity contribution in [3.05, 3.63) is 65.7 Å². The number of amides is 1. The zero-order chi connectivity index (χ0) is 23.0. The van der Waals surface area contributed by atoms with Crippen molar-refractivity contribution >= 4 is 38.1 Å². The van der Waals surface area contributed by atoms with Crippen LogP contribution in [0.5, 0.6) is 0 Å². The molecule has 0 bridgehead atoms. The van der Waals surface area contributed by atoms with Gasteiger partial charge >= 0.3 is 0 Å². The number of rotatable bonds is 7. The van der Waals surface area contributed by atoms with E-state index in [-0.39, 0.29) is 17.4 Å². The Bertz CT molecular complexity index is 1300. The second kappa shape index (κ2) is 8.75. The van der Waals surface area contributed by atoms with Crippen LogP contribution in [0.25, 0.3) is 10.8 Å². The van der Waals surface area contributed by atoms with Crippen LogP contribution >= 0.6 is 0 Å². The van der Waals surface area contributed by atoms with Gasteiger partial charge in [0.2, 0.25) is 10.0 Å². The van der Waals surface area contributed by atoms with Gasteiger partial charge in [-0.3, -0.25) is 4.79 Å². The summed E-state index contributed by atoms with van der Waals surface area (Å²) in [7, 11) is -3.51. The first kappa shape index (κ1) is 21.8. The Labute approximate surface area is 192 Å². The maximum Gasteiger partial charge on any atom is 0.256 e. The topological polar surface area (TPSA) is 102 Å². The van der Waals surface area contributed by atoms with Crippen LogP contribution in [0.1, 0.15) is 15.9 Å². The fraction of sp³-hybridized carbons (Fsp3) is 0.292. The quantitative estimate of drug-likeness (QED) is 0.492. The highest BCUT2D eigenvalue weighted by atomic mass is 32.2. The molecular formula is C24H26N4O4S. The first-order valence-corrected chi connectivity index (χ1v) is 12.5. The van der Waals surface area contributed by atoms with Gasteiger partial charge in [0.05, 0.1) is 11.5 Å². The predicted molar refractivity (Wildman–Crippen MR) is 128 cm³/mol. The normalized spacial score (nSPS) is 16.2. The second-order valence-corrected chi connectivity index (χ2v) is 10.2. The van der Waals surface area contributed by atoms with Crippen molar-refractivity contribution in [1.29, 1.82) is 0 Å². The Kier molecular flexibility index (Phi) is 5.79. The van der Waals surface area contributed by atoms with Crippen LogP contribution in [0.4, 0.5) is 11.4 Å². The second-order valence-electron chi connectivity index (χ2n) is 8.26. The number of nitrogens with one attached hydrogen (secondary N) is 2. The summed E-state index contributed by atoms with van der Waals surface area (Å²) in [6.45, 7) is 3.12. The van der Waals surface area contributed by atoms with E-state index in [2.05, 4.69) is 10.6 Å². The van der Waals surface area contributed by atoms with Crippen molar-refractivity contribution < 1.29 is 18.3 Å². The monoisotopic (exact) mass is 466 g/mol. The molecule has 3 N–H and O–H groups in total. The molecule has 1 amide bonds. The Morgan fingerprint density at radius 1 is 1.00 bits per heavy atom. The molecule has 0 saturated carbocycles. The lowest BCUT2D eigenvalue weighted by Crippen LogP contribution is -2.46. The van der Waals surface area contributed by atoms with Gasteiger partial charge in [-0.2, -0.15) is 4.31 Å². The number of hydrogen-bond acceptors (Lipinski definition) is 6. The lowest BCUT2D eigenvalue weighted by atomic mass is 10.0. The molecule has 1 fully saturated rings. The number of piperazine rings is 1. The molecular weight excluding hydrogens is 440 g/mol. The fourth-order valence-corrected chi connectivity index (χ4v) is 6.02. The predicted octanol–water partition coefficient (Wildman–Crippen LogP) is 2.00. The molecule has 1 saturated heterocycles. The molecule has 0 spiro atoms.